The number of nitrogens with zero attached hydrogens (tertiary/aromatic N) is 5. The van der Waals surface area contributed by atoms with E-state index in [0.717, 1.165) is 23.4 Å². The van der Waals surface area contributed by atoms with E-state index >= 15 is 0 Å². The summed E-state index contributed by atoms with van der Waals surface area (Å²) >= 11 is 2.88. The molecule has 2 amide bonds. The number of tetrazole rings is 1. The van der Waals surface area contributed by atoms with Crippen LogP contribution in [0.5, 0.6) is 0 Å². The first kappa shape index (κ1) is 20.7. The van der Waals surface area contributed by atoms with E-state index in [0.29, 0.717) is 11.2 Å². The molecular weight excluding hydrogens is 396 g/mol. The number of benzene rings is 1. The van der Waals surface area contributed by atoms with Crippen LogP contribution < -0.4 is 5.32 Å². The van der Waals surface area contributed by atoms with Crippen molar-refractivity contribution in [2.45, 2.75) is 41.8 Å². The summed E-state index contributed by atoms with van der Waals surface area (Å²) in [5.41, 5.74) is 0.756. The maximum Gasteiger partial charge on any atom is 0.244 e. The predicted molar refractivity (Wildman–Crippen MR) is 111 cm³/mol. The van der Waals surface area contributed by atoms with Crippen LogP contribution in [0.4, 0.5) is 5.69 Å². The Labute approximate surface area is 172 Å². The summed E-state index contributed by atoms with van der Waals surface area (Å²) in [5.74, 6) is -0.171. The van der Waals surface area contributed by atoms with E-state index < -0.39 is 0 Å². The van der Waals surface area contributed by atoms with Crippen molar-refractivity contribution in [2.75, 3.05) is 30.9 Å². The van der Waals surface area contributed by atoms with Gasteiger partial charge in [0.05, 0.1) is 24.0 Å². The molecule has 1 aliphatic carbocycles. The van der Waals surface area contributed by atoms with E-state index in [1.165, 1.54) is 29.5 Å². The molecule has 0 atom stereocenters. The largest absolute Gasteiger partial charge is 0.336 e. The van der Waals surface area contributed by atoms with E-state index in [2.05, 4.69) is 20.8 Å². The number of hydrogen-bond donors (Lipinski definition) is 1. The third-order valence-electron chi connectivity index (χ3n) is 4.65. The highest BCUT2D eigenvalue weighted by Crippen LogP contribution is 2.31. The third kappa shape index (κ3) is 5.26. The van der Waals surface area contributed by atoms with Crippen LogP contribution in [0.25, 0.3) is 0 Å². The van der Waals surface area contributed by atoms with E-state index in [-0.39, 0.29) is 24.1 Å². The van der Waals surface area contributed by atoms with Crippen molar-refractivity contribution in [1.29, 1.82) is 0 Å². The van der Waals surface area contributed by atoms with Gasteiger partial charge in [-0.1, -0.05) is 36.7 Å². The Morgan fingerprint density at radius 2 is 2.04 bits per heavy atom. The SMILES string of the molecule is CSc1ccccc1NC(=O)CN(C)C(=O)CSc1nnnn1C1CCCC1. The number of thioether (sulfide) groups is 2. The van der Waals surface area contributed by atoms with E-state index in [1.54, 1.807) is 18.8 Å². The van der Waals surface area contributed by atoms with Gasteiger partial charge in [-0.15, -0.1) is 16.9 Å². The second-order valence-electron chi connectivity index (χ2n) is 6.63. The normalized spacial score (nSPS) is 14.2. The number of nitrogens with one attached hydrogen (secondary N) is 1. The zero-order chi connectivity index (χ0) is 19.9. The third-order valence-corrected chi connectivity index (χ3v) is 6.36. The maximum atomic E-state index is 12.4. The summed E-state index contributed by atoms with van der Waals surface area (Å²) in [4.78, 5) is 27.1. The molecule has 10 heteroatoms. The molecule has 0 unspecified atom stereocenters. The molecule has 8 nitrogen and oxygen atoms in total. The van der Waals surface area contributed by atoms with Crippen LogP contribution in [0.3, 0.4) is 0 Å². The van der Waals surface area contributed by atoms with Gasteiger partial charge in [0, 0.05) is 11.9 Å². The molecule has 3 rings (SSSR count). The molecule has 2 aromatic rings. The lowest BCUT2D eigenvalue weighted by molar-refractivity contribution is -0.131. The molecular formula is C18H24N6O2S2. The Bertz CT molecular complexity index is 822. The fraction of sp³-hybridized carbons (Fsp3) is 0.500. The van der Waals surface area contributed by atoms with E-state index in [4.69, 9.17) is 0 Å². The standard InChI is InChI=1S/C18H24N6O2S2/c1-23(11-16(25)19-14-9-5-6-10-15(14)27-2)17(26)12-28-18-20-21-22-24(18)13-7-3-4-8-13/h5-6,9-10,13H,3-4,7-8,11-12H2,1-2H3,(H,19,25). The van der Waals surface area contributed by atoms with E-state index in [9.17, 15) is 9.59 Å². The Morgan fingerprint density at radius 3 is 2.79 bits per heavy atom. The number of carbonyl (C=O) groups excluding carboxylic acids is 2. The van der Waals surface area contributed by atoms with E-state index in [1.807, 2.05) is 35.2 Å². The molecule has 0 saturated heterocycles. The molecule has 1 aromatic carbocycles. The number of anilines is 1. The summed E-state index contributed by atoms with van der Waals surface area (Å²) in [6, 6.07) is 7.92. The highest BCUT2D eigenvalue weighted by Gasteiger charge is 2.23. The molecule has 1 aromatic heterocycles. The Balaban J connectivity index is 1.49. The highest BCUT2D eigenvalue weighted by molar-refractivity contribution is 7.99. The first-order valence-electron chi connectivity index (χ1n) is 9.16. The smallest absolute Gasteiger partial charge is 0.244 e. The van der Waals surface area contributed by atoms with Gasteiger partial charge in [0.15, 0.2) is 0 Å². The number of carbonyl (C=O) groups is 2. The first-order chi connectivity index (χ1) is 13.6. The van der Waals surface area contributed by atoms with Gasteiger partial charge in [-0.25, -0.2) is 4.68 Å². The number of hydrogen-bond acceptors (Lipinski definition) is 7. The lowest BCUT2D eigenvalue weighted by Gasteiger charge is -2.17. The molecule has 0 spiro atoms. The van der Waals surface area contributed by atoms with Crippen molar-refractivity contribution in [2.24, 2.45) is 0 Å². The van der Waals surface area contributed by atoms with Crippen LogP contribution in [0.15, 0.2) is 34.3 Å². The van der Waals surface area contributed by atoms with Crippen molar-refractivity contribution in [3.05, 3.63) is 24.3 Å². The number of amides is 2. The number of aromatic nitrogens is 4. The predicted octanol–water partition coefficient (Wildman–Crippen LogP) is 2.70. The summed E-state index contributed by atoms with van der Waals surface area (Å²) in [7, 11) is 1.63. The highest BCUT2D eigenvalue weighted by atomic mass is 32.2. The fourth-order valence-electron chi connectivity index (χ4n) is 3.14. The minimum atomic E-state index is -0.224. The summed E-state index contributed by atoms with van der Waals surface area (Å²) in [5, 5.41) is 15.4. The lowest BCUT2D eigenvalue weighted by Crippen LogP contribution is -2.36. The van der Waals surface area contributed by atoms with Crippen molar-refractivity contribution in [3.63, 3.8) is 0 Å². The molecule has 150 valence electrons. The van der Waals surface area contributed by atoms with Crippen LogP contribution >= 0.6 is 23.5 Å². The van der Waals surface area contributed by atoms with Gasteiger partial charge in [-0.05, 0) is 41.7 Å². The Kier molecular flexibility index (Phi) is 7.32. The van der Waals surface area contributed by atoms with Crippen molar-refractivity contribution in [3.8, 4) is 0 Å². The summed E-state index contributed by atoms with van der Waals surface area (Å²) in [6.07, 6.45) is 6.47. The fourth-order valence-corrected chi connectivity index (χ4v) is 4.57. The van der Waals surface area contributed by atoms with Crippen molar-refractivity contribution in [1.82, 2.24) is 25.1 Å². The van der Waals surface area contributed by atoms with Gasteiger partial charge < -0.3 is 10.2 Å². The molecule has 28 heavy (non-hydrogen) atoms. The van der Waals surface area contributed by atoms with Crippen LogP contribution in [0, 0.1) is 0 Å². The quantitative estimate of drug-likeness (QED) is 0.656. The van der Waals surface area contributed by atoms with Crippen molar-refractivity contribution < 1.29 is 9.59 Å². The second-order valence-corrected chi connectivity index (χ2v) is 8.42. The van der Waals surface area contributed by atoms with Gasteiger partial charge in [0.1, 0.15) is 0 Å². The minimum absolute atomic E-state index is 0.00429. The molecule has 1 N–H and O–H groups in total. The number of likely N-dealkylation sites (N-methyl/N-ethyl adjacent to an activating group) is 1. The van der Waals surface area contributed by atoms with Crippen LogP contribution in [0.1, 0.15) is 31.7 Å². The van der Waals surface area contributed by atoms with Crippen LogP contribution in [-0.2, 0) is 9.59 Å². The molecule has 1 fully saturated rings. The van der Waals surface area contributed by atoms with Gasteiger partial charge in [0.2, 0.25) is 17.0 Å². The Hall–Kier alpha value is -2.07. The van der Waals surface area contributed by atoms with Gasteiger partial charge in [-0.2, -0.15) is 0 Å². The second kappa shape index (κ2) is 9.92. The molecule has 1 aliphatic rings. The summed E-state index contributed by atoms with van der Waals surface area (Å²) in [6.45, 7) is -0.00429. The average Bonchev–Trinajstić information content (AvgIpc) is 3.37. The van der Waals surface area contributed by atoms with Gasteiger partial charge >= 0.3 is 0 Å². The first-order valence-corrected chi connectivity index (χ1v) is 11.4. The molecule has 0 bridgehead atoms. The minimum Gasteiger partial charge on any atom is -0.336 e. The molecule has 0 radical (unpaired) electrons. The molecule has 0 aliphatic heterocycles. The summed E-state index contributed by atoms with van der Waals surface area (Å²) < 4.78 is 1.83. The zero-order valence-electron chi connectivity index (χ0n) is 16.0. The van der Waals surface area contributed by atoms with Gasteiger partial charge in [-0.3, -0.25) is 9.59 Å². The van der Waals surface area contributed by atoms with Gasteiger partial charge in [0.25, 0.3) is 0 Å². The van der Waals surface area contributed by atoms with Crippen molar-refractivity contribution >= 4 is 41.0 Å². The Morgan fingerprint density at radius 1 is 1.29 bits per heavy atom. The molecule has 1 heterocycles. The van der Waals surface area contributed by atoms with Crippen LogP contribution in [-0.4, -0.2) is 62.5 Å². The lowest BCUT2D eigenvalue weighted by atomic mass is 10.3. The maximum absolute atomic E-state index is 12.4. The monoisotopic (exact) mass is 420 g/mol. The average molecular weight is 421 g/mol. The van der Waals surface area contributed by atoms with Crippen LogP contribution in [0.2, 0.25) is 0 Å². The molecule has 1 saturated carbocycles. The number of para-hydroxylation sites is 1. The zero-order valence-corrected chi connectivity index (χ0v) is 17.6. The topological polar surface area (TPSA) is 93.0 Å². The number of rotatable bonds is 8.